The molecule has 0 spiro atoms. The fourth-order valence-corrected chi connectivity index (χ4v) is 3.25. The molecule has 2 rings (SSSR count). The number of rotatable bonds is 8. The van der Waals surface area contributed by atoms with Gasteiger partial charge in [0.15, 0.2) is 0 Å². The standard InChI is InChI=1S/C19H27N3O4/c1-5-7-13(3)20-16(23)12-22-17(24)19(6-2,21-18(22)25)14-8-10-15(26-4)11-9-14/h8-11,13H,5-7,12H2,1-4H3,(H,20,23)(H,21,25)/t13-,19+/m0/s1. The van der Waals surface area contributed by atoms with Crippen molar-refractivity contribution >= 4 is 17.8 Å². The van der Waals surface area contributed by atoms with Gasteiger partial charge in [-0.25, -0.2) is 4.79 Å². The van der Waals surface area contributed by atoms with Gasteiger partial charge < -0.3 is 15.4 Å². The SMILES string of the molecule is CCC[C@H](C)NC(=O)CN1C(=O)N[C@](CC)(c2ccc(OC)cc2)C1=O. The number of urea groups is 1. The highest BCUT2D eigenvalue weighted by Gasteiger charge is 2.51. The third-order valence-corrected chi connectivity index (χ3v) is 4.72. The average Bonchev–Trinajstić information content (AvgIpc) is 2.87. The Morgan fingerprint density at radius 2 is 1.92 bits per heavy atom. The van der Waals surface area contributed by atoms with Gasteiger partial charge in [0.05, 0.1) is 7.11 Å². The monoisotopic (exact) mass is 361 g/mol. The Kier molecular flexibility index (Phi) is 6.23. The average molecular weight is 361 g/mol. The molecule has 1 saturated heterocycles. The highest BCUT2D eigenvalue weighted by Crippen LogP contribution is 2.33. The summed E-state index contributed by atoms with van der Waals surface area (Å²) >= 11 is 0. The molecule has 1 heterocycles. The van der Waals surface area contributed by atoms with Crippen LogP contribution in [0.2, 0.25) is 0 Å². The molecular weight excluding hydrogens is 334 g/mol. The van der Waals surface area contributed by atoms with Crippen molar-refractivity contribution in [3.05, 3.63) is 29.8 Å². The smallest absolute Gasteiger partial charge is 0.325 e. The van der Waals surface area contributed by atoms with Gasteiger partial charge in [-0.2, -0.15) is 0 Å². The van der Waals surface area contributed by atoms with Crippen molar-refractivity contribution in [2.45, 2.75) is 51.6 Å². The molecule has 0 aromatic heterocycles. The van der Waals surface area contributed by atoms with Gasteiger partial charge in [0.2, 0.25) is 5.91 Å². The lowest BCUT2D eigenvalue weighted by Crippen LogP contribution is -2.45. The van der Waals surface area contributed by atoms with Crippen LogP contribution >= 0.6 is 0 Å². The number of hydrogen-bond donors (Lipinski definition) is 2. The van der Waals surface area contributed by atoms with E-state index in [-0.39, 0.29) is 18.5 Å². The molecule has 1 aliphatic rings. The fourth-order valence-electron chi connectivity index (χ4n) is 3.25. The molecule has 1 aliphatic heterocycles. The van der Waals surface area contributed by atoms with E-state index in [9.17, 15) is 14.4 Å². The minimum Gasteiger partial charge on any atom is -0.497 e. The molecule has 1 fully saturated rings. The first kappa shape index (κ1) is 19.8. The van der Waals surface area contributed by atoms with Gasteiger partial charge in [-0.05, 0) is 37.5 Å². The lowest BCUT2D eigenvalue weighted by atomic mass is 9.87. The molecule has 26 heavy (non-hydrogen) atoms. The number of hydrogen-bond acceptors (Lipinski definition) is 4. The van der Waals surface area contributed by atoms with Crippen molar-refractivity contribution < 1.29 is 19.1 Å². The largest absolute Gasteiger partial charge is 0.497 e. The fraction of sp³-hybridized carbons (Fsp3) is 0.526. The lowest BCUT2D eigenvalue weighted by molar-refractivity contribution is -0.135. The minimum atomic E-state index is -1.15. The third kappa shape index (κ3) is 3.81. The topological polar surface area (TPSA) is 87.7 Å². The van der Waals surface area contributed by atoms with E-state index in [1.807, 2.05) is 20.8 Å². The Morgan fingerprint density at radius 3 is 2.46 bits per heavy atom. The highest BCUT2D eigenvalue weighted by atomic mass is 16.5. The number of carbonyl (C=O) groups is 3. The molecule has 1 aromatic carbocycles. The molecule has 2 atom stereocenters. The van der Waals surface area contributed by atoms with Crippen LogP contribution < -0.4 is 15.4 Å². The lowest BCUT2D eigenvalue weighted by Gasteiger charge is -2.26. The molecule has 1 aromatic rings. The molecule has 2 N–H and O–H groups in total. The Bertz CT molecular complexity index is 674. The molecule has 142 valence electrons. The normalized spacial score (nSPS) is 20.7. The number of ether oxygens (including phenoxy) is 1. The first-order valence-electron chi connectivity index (χ1n) is 8.96. The van der Waals surface area contributed by atoms with E-state index < -0.39 is 17.5 Å². The van der Waals surface area contributed by atoms with E-state index in [4.69, 9.17) is 4.74 Å². The van der Waals surface area contributed by atoms with Crippen LogP contribution in [0.3, 0.4) is 0 Å². The molecule has 0 saturated carbocycles. The summed E-state index contributed by atoms with van der Waals surface area (Å²) in [6.45, 7) is 5.48. The summed E-state index contributed by atoms with van der Waals surface area (Å²) in [6.07, 6.45) is 2.17. The summed E-state index contributed by atoms with van der Waals surface area (Å²) in [5.74, 6) is -0.0810. The Hall–Kier alpha value is -2.57. The van der Waals surface area contributed by atoms with E-state index in [1.54, 1.807) is 31.4 Å². The number of nitrogens with zero attached hydrogens (tertiary/aromatic N) is 1. The van der Waals surface area contributed by atoms with Crippen LogP contribution in [0.5, 0.6) is 5.75 Å². The summed E-state index contributed by atoms with van der Waals surface area (Å²) in [4.78, 5) is 38.6. The maximum atomic E-state index is 13.0. The predicted octanol–water partition coefficient (Wildman–Crippen LogP) is 2.16. The zero-order chi connectivity index (χ0) is 19.3. The Morgan fingerprint density at radius 1 is 1.27 bits per heavy atom. The Labute approximate surface area is 154 Å². The van der Waals surface area contributed by atoms with Crippen LogP contribution in [0.4, 0.5) is 4.79 Å². The first-order valence-corrected chi connectivity index (χ1v) is 8.96. The van der Waals surface area contributed by atoms with Gasteiger partial charge in [0, 0.05) is 6.04 Å². The van der Waals surface area contributed by atoms with Gasteiger partial charge in [-0.3, -0.25) is 14.5 Å². The Balaban J connectivity index is 2.18. The van der Waals surface area contributed by atoms with Crippen LogP contribution in [0.1, 0.15) is 45.6 Å². The molecule has 7 nitrogen and oxygen atoms in total. The van der Waals surface area contributed by atoms with Gasteiger partial charge in [0.1, 0.15) is 17.8 Å². The van der Waals surface area contributed by atoms with E-state index >= 15 is 0 Å². The zero-order valence-corrected chi connectivity index (χ0v) is 15.8. The van der Waals surface area contributed by atoms with Gasteiger partial charge >= 0.3 is 6.03 Å². The third-order valence-electron chi connectivity index (χ3n) is 4.72. The van der Waals surface area contributed by atoms with Gasteiger partial charge in [-0.1, -0.05) is 32.4 Å². The second kappa shape index (κ2) is 8.21. The molecule has 0 radical (unpaired) electrons. The second-order valence-corrected chi connectivity index (χ2v) is 6.57. The molecule has 0 bridgehead atoms. The van der Waals surface area contributed by atoms with Gasteiger partial charge in [0.25, 0.3) is 5.91 Å². The summed E-state index contributed by atoms with van der Waals surface area (Å²) in [6, 6.07) is 6.46. The van der Waals surface area contributed by atoms with Crippen LogP contribution in [0, 0.1) is 0 Å². The zero-order valence-electron chi connectivity index (χ0n) is 15.8. The number of methoxy groups -OCH3 is 1. The van der Waals surface area contributed by atoms with Crippen molar-refractivity contribution in [2.24, 2.45) is 0 Å². The number of amides is 4. The minimum absolute atomic E-state index is 0.00536. The molecular formula is C19H27N3O4. The summed E-state index contributed by atoms with van der Waals surface area (Å²) in [5, 5.41) is 5.59. The molecule has 0 unspecified atom stereocenters. The van der Waals surface area contributed by atoms with Crippen molar-refractivity contribution in [2.75, 3.05) is 13.7 Å². The van der Waals surface area contributed by atoms with E-state index in [0.717, 1.165) is 17.7 Å². The van der Waals surface area contributed by atoms with Crippen LogP contribution in [-0.4, -0.2) is 42.4 Å². The predicted molar refractivity (Wildman–Crippen MR) is 97.7 cm³/mol. The molecule has 7 heteroatoms. The number of imide groups is 1. The summed E-state index contributed by atoms with van der Waals surface area (Å²) < 4.78 is 5.14. The van der Waals surface area contributed by atoms with Crippen molar-refractivity contribution in [1.29, 1.82) is 0 Å². The highest BCUT2D eigenvalue weighted by molar-refractivity contribution is 6.09. The van der Waals surface area contributed by atoms with Crippen LogP contribution in [0.15, 0.2) is 24.3 Å². The first-order chi connectivity index (χ1) is 12.4. The summed E-state index contributed by atoms with van der Waals surface area (Å²) in [5.41, 5.74) is -0.486. The van der Waals surface area contributed by atoms with Crippen molar-refractivity contribution in [3.63, 3.8) is 0 Å². The van der Waals surface area contributed by atoms with Crippen molar-refractivity contribution in [1.82, 2.24) is 15.5 Å². The number of nitrogens with one attached hydrogen (secondary N) is 2. The number of benzene rings is 1. The maximum Gasteiger partial charge on any atom is 0.325 e. The quantitative estimate of drug-likeness (QED) is 0.695. The van der Waals surface area contributed by atoms with Gasteiger partial charge in [-0.15, -0.1) is 0 Å². The maximum absolute atomic E-state index is 13.0. The summed E-state index contributed by atoms with van der Waals surface area (Å²) in [7, 11) is 1.56. The van der Waals surface area contributed by atoms with E-state index in [0.29, 0.717) is 17.7 Å². The van der Waals surface area contributed by atoms with E-state index in [1.165, 1.54) is 0 Å². The number of carbonyl (C=O) groups excluding carboxylic acids is 3. The second-order valence-electron chi connectivity index (χ2n) is 6.57. The van der Waals surface area contributed by atoms with Crippen LogP contribution in [-0.2, 0) is 15.1 Å². The molecule has 0 aliphatic carbocycles. The van der Waals surface area contributed by atoms with E-state index in [2.05, 4.69) is 10.6 Å². The van der Waals surface area contributed by atoms with Crippen molar-refractivity contribution in [3.8, 4) is 5.75 Å². The molecule has 4 amide bonds. The van der Waals surface area contributed by atoms with Crippen LogP contribution in [0.25, 0.3) is 0 Å².